The van der Waals surface area contributed by atoms with E-state index in [-0.39, 0.29) is 23.5 Å². The van der Waals surface area contributed by atoms with E-state index in [9.17, 15) is 9.59 Å². The van der Waals surface area contributed by atoms with Gasteiger partial charge in [-0.3, -0.25) is 9.59 Å². The van der Waals surface area contributed by atoms with Crippen LogP contribution in [0.15, 0.2) is 34.2 Å². The molecule has 2 heterocycles. The third kappa shape index (κ3) is 3.19. The topological polar surface area (TPSA) is 60.3 Å². The molecule has 2 atom stereocenters. The number of hydrogen-bond acceptors (Lipinski definition) is 3. The average Bonchev–Trinajstić information content (AvgIpc) is 2.87. The predicted molar refractivity (Wildman–Crippen MR) is 79.8 cm³/mol. The molecule has 6 heteroatoms. The van der Waals surface area contributed by atoms with Crippen LogP contribution in [-0.2, 0) is 11.8 Å². The molecule has 0 aromatic carbocycles. The van der Waals surface area contributed by atoms with Gasteiger partial charge < -0.3 is 14.6 Å². The van der Waals surface area contributed by atoms with Gasteiger partial charge in [0.15, 0.2) is 0 Å². The van der Waals surface area contributed by atoms with Gasteiger partial charge in [0.2, 0.25) is 0 Å². The number of aromatic nitrogens is 1. The molecule has 5 nitrogen and oxygen atoms in total. The highest BCUT2D eigenvalue weighted by Gasteiger charge is 2.26. The van der Waals surface area contributed by atoms with Gasteiger partial charge in [-0.1, -0.05) is 6.08 Å². The number of carbonyl (C=O) groups is 1. The number of rotatable bonds is 4. The largest absolute Gasteiger partial charge is 0.374 e. The molecular formula is C14H17BrN2O3. The summed E-state index contributed by atoms with van der Waals surface area (Å²) in [7, 11) is 1.64. The normalized spacial score (nSPS) is 21.7. The monoisotopic (exact) mass is 340 g/mol. The van der Waals surface area contributed by atoms with Crippen LogP contribution in [0.5, 0.6) is 0 Å². The Morgan fingerprint density at radius 1 is 1.70 bits per heavy atom. The summed E-state index contributed by atoms with van der Waals surface area (Å²) in [5.74, 6) is -0.0222. The quantitative estimate of drug-likeness (QED) is 0.844. The molecule has 1 aliphatic rings. The zero-order chi connectivity index (χ0) is 14.7. The van der Waals surface area contributed by atoms with Crippen LogP contribution in [-0.4, -0.2) is 29.7 Å². The lowest BCUT2D eigenvalue weighted by Crippen LogP contribution is -2.33. The van der Waals surface area contributed by atoms with Crippen molar-refractivity contribution in [2.24, 2.45) is 13.0 Å². The highest BCUT2D eigenvalue weighted by atomic mass is 79.9. The Morgan fingerprint density at radius 2 is 2.45 bits per heavy atom. The minimum atomic E-state index is -0.260. The van der Waals surface area contributed by atoms with Crippen molar-refractivity contribution in [3.8, 4) is 0 Å². The van der Waals surface area contributed by atoms with Crippen LogP contribution in [0.3, 0.4) is 0 Å². The van der Waals surface area contributed by atoms with E-state index in [0.29, 0.717) is 23.2 Å². The maximum atomic E-state index is 12.1. The molecule has 0 aliphatic carbocycles. The molecule has 1 aromatic heterocycles. The number of amides is 1. The molecule has 0 unspecified atom stereocenters. The second kappa shape index (κ2) is 6.37. The van der Waals surface area contributed by atoms with E-state index in [4.69, 9.17) is 4.74 Å². The zero-order valence-corrected chi connectivity index (χ0v) is 12.9. The first-order chi connectivity index (χ1) is 9.52. The Bertz CT molecular complexity index is 582. The molecular weight excluding hydrogens is 324 g/mol. The standard InChI is InChI=1S/C14H17BrN2O3/c1-3-12-9(4-5-20-12)7-16-14(19)10-6-13(18)17(2)8-11(10)15/h3,6,8-9,12H,1,4-5,7H2,2H3,(H,16,19)/t9-,12-/m0/s1. The first-order valence-electron chi connectivity index (χ1n) is 6.41. The molecule has 1 amide bonds. The lowest BCUT2D eigenvalue weighted by Gasteiger charge is -2.15. The molecule has 0 saturated carbocycles. The van der Waals surface area contributed by atoms with Crippen LogP contribution in [0.25, 0.3) is 0 Å². The number of ether oxygens (including phenoxy) is 1. The van der Waals surface area contributed by atoms with Crippen LogP contribution in [0.2, 0.25) is 0 Å². The lowest BCUT2D eigenvalue weighted by atomic mass is 10.0. The van der Waals surface area contributed by atoms with Crippen molar-refractivity contribution in [2.45, 2.75) is 12.5 Å². The fraction of sp³-hybridized carbons (Fsp3) is 0.429. The molecule has 1 N–H and O–H groups in total. The van der Waals surface area contributed by atoms with Gasteiger partial charge in [0.05, 0.1) is 11.7 Å². The number of halogens is 1. The fourth-order valence-corrected chi connectivity index (χ4v) is 2.83. The Labute approximate surface area is 125 Å². The Kier molecular flexibility index (Phi) is 4.77. The van der Waals surface area contributed by atoms with Gasteiger partial charge in [0.1, 0.15) is 0 Å². The third-order valence-electron chi connectivity index (χ3n) is 3.45. The summed E-state index contributed by atoms with van der Waals surface area (Å²) in [6.45, 7) is 4.92. The van der Waals surface area contributed by atoms with Crippen molar-refractivity contribution < 1.29 is 9.53 Å². The number of carbonyl (C=O) groups excluding carboxylic acids is 1. The van der Waals surface area contributed by atoms with Gasteiger partial charge in [-0.15, -0.1) is 6.58 Å². The second-order valence-corrected chi connectivity index (χ2v) is 5.67. The Morgan fingerprint density at radius 3 is 3.15 bits per heavy atom. The first kappa shape index (κ1) is 15.0. The van der Waals surface area contributed by atoms with Gasteiger partial charge in [0.25, 0.3) is 11.5 Å². The van der Waals surface area contributed by atoms with E-state index >= 15 is 0 Å². The highest BCUT2D eigenvalue weighted by Crippen LogP contribution is 2.21. The highest BCUT2D eigenvalue weighted by molar-refractivity contribution is 9.10. The van der Waals surface area contributed by atoms with Crippen molar-refractivity contribution >= 4 is 21.8 Å². The summed E-state index contributed by atoms with van der Waals surface area (Å²) in [4.78, 5) is 23.7. The maximum Gasteiger partial charge on any atom is 0.252 e. The predicted octanol–water partition coefficient (Wildman–Crippen LogP) is 1.47. The van der Waals surface area contributed by atoms with E-state index in [0.717, 1.165) is 6.42 Å². The van der Waals surface area contributed by atoms with Gasteiger partial charge >= 0.3 is 0 Å². The molecule has 2 rings (SSSR count). The van der Waals surface area contributed by atoms with E-state index in [1.54, 1.807) is 19.3 Å². The fourth-order valence-electron chi connectivity index (χ4n) is 2.22. The van der Waals surface area contributed by atoms with Crippen molar-refractivity contribution in [3.05, 3.63) is 45.3 Å². The summed E-state index contributed by atoms with van der Waals surface area (Å²) >= 11 is 3.30. The van der Waals surface area contributed by atoms with Gasteiger partial charge in [0, 0.05) is 42.9 Å². The summed E-state index contributed by atoms with van der Waals surface area (Å²) in [6, 6.07) is 1.33. The Hall–Kier alpha value is -1.40. The third-order valence-corrected chi connectivity index (χ3v) is 4.08. The maximum absolute atomic E-state index is 12.1. The summed E-state index contributed by atoms with van der Waals surface area (Å²) < 4.78 is 7.49. The molecule has 0 bridgehead atoms. The average molecular weight is 341 g/mol. The summed E-state index contributed by atoms with van der Waals surface area (Å²) in [5, 5.41) is 2.85. The van der Waals surface area contributed by atoms with Gasteiger partial charge in [-0.05, 0) is 22.4 Å². The zero-order valence-electron chi connectivity index (χ0n) is 11.3. The lowest BCUT2D eigenvalue weighted by molar-refractivity contribution is 0.0931. The molecule has 1 aliphatic heterocycles. The van der Waals surface area contributed by atoms with Gasteiger partial charge in [-0.25, -0.2) is 0 Å². The van der Waals surface area contributed by atoms with Crippen LogP contribution in [0.4, 0.5) is 0 Å². The minimum absolute atomic E-state index is 0.0117. The van der Waals surface area contributed by atoms with Crippen LogP contribution >= 0.6 is 15.9 Å². The smallest absolute Gasteiger partial charge is 0.252 e. The number of aryl methyl sites for hydroxylation is 1. The molecule has 0 radical (unpaired) electrons. The molecule has 108 valence electrons. The van der Waals surface area contributed by atoms with Crippen molar-refractivity contribution in [1.82, 2.24) is 9.88 Å². The summed E-state index contributed by atoms with van der Waals surface area (Å²) in [6.07, 6.45) is 4.23. The van der Waals surface area contributed by atoms with Crippen LogP contribution in [0, 0.1) is 5.92 Å². The van der Waals surface area contributed by atoms with E-state index in [2.05, 4.69) is 27.8 Å². The molecule has 20 heavy (non-hydrogen) atoms. The minimum Gasteiger partial charge on any atom is -0.374 e. The van der Waals surface area contributed by atoms with Crippen LogP contribution in [0.1, 0.15) is 16.8 Å². The molecule has 1 aromatic rings. The molecule has 1 saturated heterocycles. The molecule has 1 fully saturated rings. The first-order valence-corrected chi connectivity index (χ1v) is 7.20. The number of hydrogen-bond donors (Lipinski definition) is 1. The van der Waals surface area contributed by atoms with E-state index in [1.807, 2.05) is 0 Å². The Balaban J connectivity index is 2.04. The SMILES string of the molecule is C=C[C@@H]1OCC[C@H]1CNC(=O)c1cc(=O)n(C)cc1Br. The van der Waals surface area contributed by atoms with Crippen molar-refractivity contribution in [1.29, 1.82) is 0 Å². The number of nitrogens with zero attached hydrogens (tertiary/aromatic N) is 1. The van der Waals surface area contributed by atoms with Gasteiger partial charge in [-0.2, -0.15) is 0 Å². The second-order valence-electron chi connectivity index (χ2n) is 4.81. The number of nitrogens with one attached hydrogen (secondary N) is 1. The van der Waals surface area contributed by atoms with Crippen LogP contribution < -0.4 is 10.9 Å². The van der Waals surface area contributed by atoms with E-state index < -0.39 is 0 Å². The summed E-state index contributed by atoms with van der Waals surface area (Å²) in [5.41, 5.74) is 0.133. The molecule has 0 spiro atoms. The number of pyridine rings is 1. The van der Waals surface area contributed by atoms with E-state index in [1.165, 1.54) is 10.6 Å². The van der Waals surface area contributed by atoms with Crippen molar-refractivity contribution in [2.75, 3.05) is 13.2 Å². The van der Waals surface area contributed by atoms with Crippen molar-refractivity contribution in [3.63, 3.8) is 0 Å².